The topological polar surface area (TPSA) is 92.7 Å². The lowest BCUT2D eigenvalue weighted by atomic mass is 9.33. The van der Waals surface area contributed by atoms with Gasteiger partial charge in [-0.1, -0.05) is 70.0 Å². The summed E-state index contributed by atoms with van der Waals surface area (Å²) in [5, 5.41) is 13.9. The van der Waals surface area contributed by atoms with Crippen LogP contribution in [0.5, 0.6) is 0 Å². The molecule has 5 fully saturated rings. The summed E-state index contributed by atoms with van der Waals surface area (Å²) in [6.45, 7) is 22.7. The second-order valence-electron chi connectivity index (χ2n) is 20.3. The summed E-state index contributed by atoms with van der Waals surface area (Å²) in [5.74, 6) is 2.05. The lowest BCUT2D eigenvalue weighted by molar-refractivity contribution is -0.221. The molecule has 4 saturated carbocycles. The van der Waals surface area contributed by atoms with E-state index in [1.54, 1.807) is 0 Å². The minimum Gasteiger partial charge on any atom is -0.772 e. The molecule has 0 aromatic heterocycles. The third-order valence-corrected chi connectivity index (χ3v) is 19.0. The summed E-state index contributed by atoms with van der Waals surface area (Å²) < 4.78 is 37.0. The van der Waals surface area contributed by atoms with Crippen LogP contribution in [0, 0.1) is 56.7 Å². The van der Waals surface area contributed by atoms with Crippen molar-refractivity contribution < 1.29 is 23.1 Å². The SMILES string of the molecule is C=C(C)[C@@H]1CC[C@]2(NCCN3CCC(S(=O)[O-])CC3)CC[C@]3(C)[C@H](CC[C@@H]4[C@@]5(C)CC=C(C6=CCC(CF)(C(=O)O)CC6)C(C)(C)[C@@H]5CC[C@]43C)[C@@H]12. The van der Waals surface area contributed by atoms with Crippen molar-refractivity contribution in [3.63, 3.8) is 0 Å². The highest BCUT2D eigenvalue weighted by Crippen LogP contribution is 2.76. The first-order valence-electron chi connectivity index (χ1n) is 20.9. The number of nitrogens with zero attached hydrogens (tertiary/aromatic N) is 1. The van der Waals surface area contributed by atoms with Crippen molar-refractivity contribution in [2.75, 3.05) is 32.9 Å². The lowest BCUT2D eigenvalue weighted by Crippen LogP contribution is -2.68. The first kappa shape index (κ1) is 38.9. The van der Waals surface area contributed by atoms with Crippen molar-refractivity contribution in [2.45, 2.75) is 142 Å². The highest BCUT2D eigenvalue weighted by atomic mass is 32.2. The summed E-state index contributed by atoms with van der Waals surface area (Å²) in [6, 6.07) is 0. The van der Waals surface area contributed by atoms with Crippen LogP contribution in [0.15, 0.2) is 35.5 Å². The monoisotopic (exact) mass is 739 g/mol. The third-order valence-electron chi connectivity index (χ3n) is 18.0. The molecule has 11 atom stereocenters. The van der Waals surface area contributed by atoms with Crippen molar-refractivity contribution in [2.24, 2.45) is 56.7 Å². The second kappa shape index (κ2) is 13.7. The number of aliphatic carboxylic acids is 1. The van der Waals surface area contributed by atoms with Crippen LogP contribution < -0.4 is 5.32 Å². The Bertz CT molecular complexity index is 1520. The second-order valence-corrected chi connectivity index (χ2v) is 21.5. The molecule has 8 heteroatoms. The number of halogens is 1. The number of likely N-dealkylation sites (tertiary alicyclic amines) is 1. The maximum Gasteiger partial charge on any atom is 0.312 e. The standard InChI is InChI=1S/C44H69FN2O4S/c1-29(2)32-12-21-44(46-24-27-47-25-15-31(16-26-47)52(50)51)23-22-41(6)34(37(32)44)8-9-36-40(5)17-13-33(39(3,4)35(40)14-18-42(36,41)7)30-10-19-43(28-45,20-11-30)38(48)49/h10,13,31-32,34-37,46H,1,8-9,11-12,14-28H2,2-7H3,(H,48,49)(H,50,51)/p-1/t32-,34+,35-,36+,37+,40-,41+,42+,43?,44-/m0/s1. The quantitative estimate of drug-likeness (QED) is 0.181. The average molecular weight is 740 g/mol. The molecule has 7 rings (SSSR count). The Balaban J connectivity index is 1.11. The molecule has 1 heterocycles. The van der Waals surface area contributed by atoms with E-state index in [9.17, 15) is 23.1 Å². The van der Waals surface area contributed by atoms with Gasteiger partial charge in [0.05, 0.1) is 5.41 Å². The molecule has 0 spiro atoms. The van der Waals surface area contributed by atoms with Crippen LogP contribution >= 0.6 is 0 Å². The van der Waals surface area contributed by atoms with Gasteiger partial charge in [-0.25, -0.2) is 4.39 Å². The minimum absolute atomic E-state index is 0.0136. The predicted octanol–water partition coefficient (Wildman–Crippen LogP) is 9.02. The van der Waals surface area contributed by atoms with Gasteiger partial charge in [0.2, 0.25) is 0 Å². The zero-order valence-electron chi connectivity index (χ0n) is 33.2. The third kappa shape index (κ3) is 5.83. The van der Waals surface area contributed by atoms with E-state index in [1.807, 2.05) is 0 Å². The smallest absolute Gasteiger partial charge is 0.312 e. The fourth-order valence-electron chi connectivity index (χ4n) is 14.9. The number of allylic oxidation sites excluding steroid dienone is 5. The summed E-state index contributed by atoms with van der Waals surface area (Å²) in [5.41, 5.74) is 3.66. The van der Waals surface area contributed by atoms with Crippen LogP contribution in [-0.4, -0.2) is 68.4 Å². The normalized spacial score (nSPS) is 45.4. The maximum atomic E-state index is 14.0. The van der Waals surface area contributed by atoms with Gasteiger partial charge in [-0.05, 0) is 172 Å². The van der Waals surface area contributed by atoms with Gasteiger partial charge in [-0.3, -0.25) is 9.00 Å². The maximum absolute atomic E-state index is 14.0. The molecule has 2 unspecified atom stereocenters. The highest BCUT2D eigenvalue weighted by molar-refractivity contribution is 7.79. The predicted molar refractivity (Wildman–Crippen MR) is 207 cm³/mol. The van der Waals surface area contributed by atoms with Crippen molar-refractivity contribution in [1.29, 1.82) is 0 Å². The number of rotatable bonds is 9. The number of carboxylic acid groups (broad SMARTS) is 1. The first-order valence-corrected chi connectivity index (χ1v) is 22.0. The van der Waals surface area contributed by atoms with Gasteiger partial charge < -0.3 is 19.9 Å². The molecule has 6 aliphatic carbocycles. The molecule has 292 valence electrons. The van der Waals surface area contributed by atoms with Crippen LogP contribution in [0.1, 0.15) is 131 Å². The number of piperidine rings is 1. The Morgan fingerprint density at radius 1 is 0.962 bits per heavy atom. The summed E-state index contributed by atoms with van der Waals surface area (Å²) in [4.78, 5) is 14.5. The van der Waals surface area contributed by atoms with E-state index in [0.29, 0.717) is 42.4 Å². The van der Waals surface area contributed by atoms with Crippen LogP contribution in [0.4, 0.5) is 4.39 Å². The van der Waals surface area contributed by atoms with E-state index in [2.05, 4.69) is 70.5 Å². The van der Waals surface area contributed by atoms with Gasteiger partial charge in [-0.15, -0.1) is 0 Å². The fraction of sp³-hybridized carbons (Fsp3) is 0.841. The van der Waals surface area contributed by atoms with Crippen molar-refractivity contribution in [1.82, 2.24) is 10.2 Å². The van der Waals surface area contributed by atoms with Gasteiger partial charge in [0, 0.05) is 23.9 Å². The molecule has 2 N–H and O–H groups in total. The fourth-order valence-corrected chi connectivity index (χ4v) is 15.5. The molecule has 0 bridgehead atoms. The Morgan fingerprint density at radius 2 is 1.69 bits per heavy atom. The number of hydrogen-bond acceptors (Lipinski definition) is 5. The van der Waals surface area contributed by atoms with Gasteiger partial charge in [-0.2, -0.15) is 0 Å². The summed E-state index contributed by atoms with van der Waals surface area (Å²) in [7, 11) is 0. The number of fused-ring (bicyclic) bond motifs is 7. The van der Waals surface area contributed by atoms with E-state index in [-0.39, 0.29) is 38.9 Å². The molecular formula is C44H68FN2O4S-. The highest BCUT2D eigenvalue weighted by Gasteiger charge is 2.70. The Hall–Kier alpha value is -1.35. The van der Waals surface area contributed by atoms with Gasteiger partial charge in [0.25, 0.3) is 0 Å². The molecule has 1 saturated heterocycles. The molecule has 0 radical (unpaired) electrons. The number of alkyl halides is 1. The molecule has 0 aromatic carbocycles. The first-order chi connectivity index (χ1) is 24.5. The molecule has 1 aliphatic heterocycles. The molecule has 6 nitrogen and oxygen atoms in total. The van der Waals surface area contributed by atoms with Crippen LogP contribution in [0.25, 0.3) is 0 Å². The molecule has 7 aliphatic rings. The van der Waals surface area contributed by atoms with Crippen molar-refractivity contribution in [3.05, 3.63) is 35.5 Å². The lowest BCUT2D eigenvalue weighted by Gasteiger charge is -2.72. The molecule has 52 heavy (non-hydrogen) atoms. The van der Waals surface area contributed by atoms with Gasteiger partial charge >= 0.3 is 5.97 Å². The zero-order chi connectivity index (χ0) is 37.5. The Kier molecular flexibility index (Phi) is 10.2. The van der Waals surface area contributed by atoms with Crippen LogP contribution in [0.2, 0.25) is 0 Å². The largest absolute Gasteiger partial charge is 0.772 e. The summed E-state index contributed by atoms with van der Waals surface area (Å²) in [6.07, 6.45) is 18.6. The minimum atomic E-state index is -1.95. The van der Waals surface area contributed by atoms with Gasteiger partial charge in [0.15, 0.2) is 0 Å². The van der Waals surface area contributed by atoms with Crippen LogP contribution in [0.3, 0.4) is 0 Å². The Morgan fingerprint density at radius 3 is 2.31 bits per heavy atom. The van der Waals surface area contributed by atoms with E-state index in [1.165, 1.54) is 68.1 Å². The average Bonchev–Trinajstić information content (AvgIpc) is 3.49. The number of nitrogens with one attached hydrogen (secondary N) is 1. The molecular weight excluding hydrogens is 672 g/mol. The van der Waals surface area contributed by atoms with Crippen LogP contribution in [-0.2, 0) is 15.9 Å². The van der Waals surface area contributed by atoms with E-state index >= 15 is 0 Å². The van der Waals surface area contributed by atoms with Crippen molar-refractivity contribution in [3.8, 4) is 0 Å². The number of carboxylic acids is 1. The van der Waals surface area contributed by atoms with Crippen molar-refractivity contribution >= 4 is 17.0 Å². The Labute approximate surface area is 316 Å². The van der Waals surface area contributed by atoms with E-state index in [4.69, 9.17) is 0 Å². The van der Waals surface area contributed by atoms with Gasteiger partial charge in [0.1, 0.15) is 6.67 Å². The van der Waals surface area contributed by atoms with E-state index < -0.39 is 29.1 Å². The van der Waals surface area contributed by atoms with E-state index in [0.717, 1.165) is 45.4 Å². The number of carbonyl (C=O) groups is 1. The molecule has 0 aromatic rings. The molecule has 0 amide bonds. The summed E-state index contributed by atoms with van der Waals surface area (Å²) >= 11 is -1.95. The zero-order valence-corrected chi connectivity index (χ0v) is 34.0. The number of hydrogen-bond donors (Lipinski definition) is 2.